The van der Waals surface area contributed by atoms with Crippen LogP contribution in [0.4, 0.5) is 114 Å². The summed E-state index contributed by atoms with van der Waals surface area (Å²) in [6.45, 7) is 0. The molecule has 0 saturated carbocycles. The van der Waals surface area contributed by atoms with Gasteiger partial charge in [-0.25, -0.2) is 0 Å². The molecule has 28 heteroatoms. The molecule has 1 nitrogen and oxygen atoms in total. The fourth-order valence-corrected chi connectivity index (χ4v) is 1.99. The molecule has 0 aliphatic carbocycles. The lowest BCUT2D eigenvalue weighted by Crippen LogP contribution is -3.00. The molecule has 0 aromatic rings. The second-order valence-corrected chi connectivity index (χ2v) is 6.65. The Morgan fingerprint density at radius 3 is 0.900 bits per heavy atom. The van der Waals surface area contributed by atoms with Crippen LogP contribution in [-0.4, -0.2) is 65.2 Å². The molecule has 0 amide bonds. The van der Waals surface area contributed by atoms with Crippen LogP contribution in [0.15, 0.2) is 11.4 Å². The predicted octanol–water partition coefficient (Wildman–Crippen LogP) is 5.85. The smallest absolute Gasteiger partial charge is 0.541 e. The van der Waals surface area contributed by atoms with Crippen LogP contribution >= 0.6 is 0 Å². The van der Waals surface area contributed by atoms with E-state index in [9.17, 15) is 114 Å². The van der Waals surface area contributed by atoms with E-state index in [0.29, 0.717) is 0 Å². The van der Waals surface area contributed by atoms with E-state index in [1.165, 1.54) is 0 Å². The summed E-state index contributed by atoms with van der Waals surface area (Å²) in [5.74, 6) is -52.1. The molecule has 242 valence electrons. The molecular weight excluding hydrogens is 779 g/mol. The number of allylic oxidation sites excluding steroid dienone is 1. The first kappa shape index (κ1) is 40.7. The molecule has 0 aromatic heterocycles. The van der Waals surface area contributed by atoms with Crippen molar-refractivity contribution in [3.8, 4) is 0 Å². The molecule has 0 radical (unpaired) electrons. The van der Waals surface area contributed by atoms with Crippen molar-refractivity contribution < 1.29 is 143 Å². The van der Waals surface area contributed by atoms with Crippen LogP contribution in [-0.2, 0) is 0 Å². The molecule has 0 unspecified atom stereocenters. The van der Waals surface area contributed by atoms with Gasteiger partial charge < -0.3 is 24.0 Å². The van der Waals surface area contributed by atoms with Gasteiger partial charge in [-0.1, -0.05) is 0 Å². The van der Waals surface area contributed by atoms with Gasteiger partial charge in [-0.05, 0) is 0 Å². The van der Waals surface area contributed by atoms with E-state index in [2.05, 4.69) is 0 Å². The van der Waals surface area contributed by atoms with Crippen molar-refractivity contribution in [2.45, 2.75) is 60.2 Å². The van der Waals surface area contributed by atoms with Gasteiger partial charge in [0.05, 0.1) is 8.96 Å². The van der Waals surface area contributed by atoms with Gasteiger partial charge in [0.25, 0.3) is 5.83 Å². The first-order valence-corrected chi connectivity index (χ1v) is 7.82. The Labute approximate surface area is 215 Å². The van der Waals surface area contributed by atoms with E-state index < -0.39 is 76.6 Å². The Kier molecular flexibility index (Phi) is 10.3. The molecule has 0 N–H and O–H groups in total. The maximum atomic E-state index is 13.4. The summed E-state index contributed by atoms with van der Waals surface area (Å²) in [6, 6.07) is -18.3. The van der Waals surface area contributed by atoms with Gasteiger partial charge in [0.1, 0.15) is 0 Å². The normalized spacial score (nSPS) is 16.1. The summed E-state index contributed by atoms with van der Waals surface area (Å²) in [6.07, 6.45) is -23.5. The summed E-state index contributed by atoms with van der Waals surface area (Å²) >= 11 is 0. The van der Waals surface area contributed by atoms with Crippen LogP contribution in [0.25, 0.3) is 0 Å². The molecule has 0 heterocycles. The van der Waals surface area contributed by atoms with E-state index >= 15 is 0 Å². The number of hydrogen-bond acceptors (Lipinski definition) is 0. The predicted molar refractivity (Wildman–Crippen MR) is 63.4 cm³/mol. The summed E-state index contributed by atoms with van der Waals surface area (Å²) in [7, 11) is 0. The number of alkyl halides is 23. The van der Waals surface area contributed by atoms with Crippen molar-refractivity contribution in [2.24, 2.45) is 0 Å². The number of halogens is 27. The highest BCUT2D eigenvalue weighted by atomic mass is 127. The quantitative estimate of drug-likeness (QED) is 0.126. The molecule has 0 aromatic carbocycles. The number of quaternary nitrogens is 1. The number of hydrogen-bond donors (Lipinski definition) is 0. The second-order valence-electron chi connectivity index (χ2n) is 6.65. The maximum Gasteiger partial charge on any atom is 0.541 e. The molecule has 0 rings (SSSR count). The average molecular weight is 779 g/mol. The van der Waals surface area contributed by atoms with E-state index in [4.69, 9.17) is 0 Å². The highest BCUT2D eigenvalue weighted by Crippen LogP contribution is 2.65. The van der Waals surface area contributed by atoms with Crippen molar-refractivity contribution in [1.29, 1.82) is 0 Å². The summed E-state index contributed by atoms with van der Waals surface area (Å²) in [4.78, 5) is -8.35. The Hall–Kier alpha value is -1.39. The molecule has 0 bridgehead atoms. The largest absolute Gasteiger partial charge is 1.00 e. The van der Waals surface area contributed by atoms with E-state index in [0.717, 1.165) is 0 Å². The van der Waals surface area contributed by atoms with Gasteiger partial charge in [0, 0.05) is 0 Å². The molecular formula is C12F26IN. The average Bonchev–Trinajstić information content (AvgIpc) is 2.63. The molecule has 0 aliphatic rings. The molecule has 0 aliphatic heterocycles. The van der Waals surface area contributed by atoms with Gasteiger partial charge in [0.15, 0.2) is 10.5 Å². The first-order chi connectivity index (χ1) is 16.3. The van der Waals surface area contributed by atoms with Gasteiger partial charge in [-0.2, -0.15) is 87.8 Å². The van der Waals surface area contributed by atoms with E-state index in [-0.39, 0.29) is 24.0 Å². The first-order valence-electron chi connectivity index (χ1n) is 7.82. The third kappa shape index (κ3) is 5.41. The zero-order valence-electron chi connectivity index (χ0n) is 16.7. The van der Waals surface area contributed by atoms with Crippen LogP contribution in [0.5, 0.6) is 0 Å². The summed E-state index contributed by atoms with van der Waals surface area (Å²) in [5.41, 5.74) is -5.56. The van der Waals surface area contributed by atoms with Gasteiger partial charge >= 0.3 is 60.2 Å². The third-order valence-electron chi connectivity index (χ3n) is 4.07. The highest BCUT2D eigenvalue weighted by molar-refractivity contribution is 5.23. The molecule has 0 fully saturated rings. The topological polar surface area (TPSA) is 0 Å². The van der Waals surface area contributed by atoms with E-state index in [1.54, 1.807) is 0 Å². The monoisotopic (exact) mass is 779 g/mol. The van der Waals surface area contributed by atoms with Gasteiger partial charge in [-0.15, -0.1) is 17.6 Å². The van der Waals surface area contributed by atoms with Crippen LogP contribution in [0.3, 0.4) is 0 Å². The molecule has 0 spiro atoms. The maximum absolute atomic E-state index is 13.4. The molecule has 0 saturated heterocycles. The van der Waals surface area contributed by atoms with Crippen LogP contribution in [0, 0.1) is 0 Å². The van der Waals surface area contributed by atoms with Crippen molar-refractivity contribution in [3.63, 3.8) is 0 Å². The second kappa shape index (κ2) is 10.1. The summed E-state index contributed by atoms with van der Waals surface area (Å²) < 4.78 is 333. The van der Waals surface area contributed by atoms with Crippen molar-refractivity contribution in [2.75, 3.05) is 0 Å². The Bertz CT molecular complexity index is 928. The van der Waals surface area contributed by atoms with Crippen molar-refractivity contribution in [1.82, 2.24) is 0 Å². The standard InChI is InChI=1S/C12F26N.HI/c13-2(1(3(14,15)16)4(17,18)19)5(20,21)39(37,38)12(35,36)10(30,31)8(26,27)6(22,23)7(24,25)9(28,29)11(32,33)34;/h;1H/q+1;/p-1. The molecule has 0 atom stereocenters. The lowest BCUT2D eigenvalue weighted by molar-refractivity contribution is -1.27. The zero-order valence-corrected chi connectivity index (χ0v) is 18.8. The third-order valence-corrected chi connectivity index (χ3v) is 4.07. The van der Waals surface area contributed by atoms with E-state index in [1.807, 2.05) is 0 Å². The van der Waals surface area contributed by atoms with Crippen molar-refractivity contribution in [3.05, 3.63) is 11.4 Å². The lowest BCUT2D eigenvalue weighted by Gasteiger charge is -2.41. The minimum absolute atomic E-state index is 0. The van der Waals surface area contributed by atoms with Crippen LogP contribution < -0.4 is 24.0 Å². The summed E-state index contributed by atoms with van der Waals surface area (Å²) in [5, 5.41) is 0. The van der Waals surface area contributed by atoms with Crippen LogP contribution in [0.2, 0.25) is 0 Å². The highest BCUT2D eigenvalue weighted by Gasteiger charge is 2.99. The minimum Gasteiger partial charge on any atom is -1.00 e. The fourth-order valence-electron chi connectivity index (χ4n) is 1.99. The Balaban J connectivity index is 0. The SMILES string of the molecule is FC(=C(C(F)(F)F)C(F)(F)F)C(F)(F)[N+](F)(F)C(F)(F)C(F)(F)C(F)(F)C(F)(F)C(F)(F)C(F)(F)C(F)(F)F.[I-]. The number of rotatable bonds is 8. The van der Waals surface area contributed by atoms with Gasteiger partial charge in [-0.3, -0.25) is 0 Å². The Morgan fingerprint density at radius 1 is 0.400 bits per heavy atom. The van der Waals surface area contributed by atoms with Crippen molar-refractivity contribution >= 4 is 0 Å². The minimum atomic E-state index is -9.56. The fraction of sp³-hybridized carbons (Fsp3) is 0.833. The lowest BCUT2D eigenvalue weighted by atomic mass is 9.92. The zero-order chi connectivity index (χ0) is 32.7. The van der Waals surface area contributed by atoms with Crippen LogP contribution in [0.1, 0.15) is 0 Å². The molecule has 40 heavy (non-hydrogen) atoms. The Morgan fingerprint density at radius 2 is 0.650 bits per heavy atom. The number of nitrogens with zero attached hydrogens (tertiary/aromatic N) is 1. The van der Waals surface area contributed by atoms with Gasteiger partial charge in [0.2, 0.25) is 0 Å².